The minimum absolute atomic E-state index is 0.654. The van der Waals surface area contributed by atoms with E-state index in [2.05, 4.69) is 15.8 Å². The van der Waals surface area contributed by atoms with E-state index < -0.39 is 0 Å². The lowest BCUT2D eigenvalue weighted by molar-refractivity contribution is 0.263. The Bertz CT molecular complexity index is 477. The predicted molar refractivity (Wildman–Crippen MR) is 66.1 cm³/mol. The van der Waals surface area contributed by atoms with Gasteiger partial charge in [-0.2, -0.15) is 4.37 Å². The van der Waals surface area contributed by atoms with Crippen molar-refractivity contribution in [3.8, 4) is 5.75 Å². The Balaban J connectivity index is 1.75. The molecule has 0 saturated carbocycles. The van der Waals surface area contributed by atoms with E-state index in [1.807, 2.05) is 18.3 Å². The smallest absolute Gasteiger partial charge is 0.129 e. The molecule has 1 aliphatic heterocycles. The minimum atomic E-state index is 0.654. The van der Waals surface area contributed by atoms with Crippen LogP contribution in [0.1, 0.15) is 6.42 Å². The third kappa shape index (κ3) is 1.90. The van der Waals surface area contributed by atoms with Crippen LogP contribution in [0.4, 0.5) is 0 Å². The zero-order valence-corrected chi connectivity index (χ0v) is 9.80. The van der Waals surface area contributed by atoms with E-state index >= 15 is 0 Å². The molecule has 1 saturated heterocycles. The van der Waals surface area contributed by atoms with Gasteiger partial charge in [-0.05, 0) is 36.6 Å². The van der Waals surface area contributed by atoms with Crippen LogP contribution in [-0.4, -0.2) is 24.1 Å². The van der Waals surface area contributed by atoms with Crippen LogP contribution in [-0.2, 0) is 0 Å². The van der Waals surface area contributed by atoms with Gasteiger partial charge in [0.25, 0.3) is 0 Å². The Morgan fingerprint density at radius 2 is 2.50 bits per heavy atom. The summed E-state index contributed by atoms with van der Waals surface area (Å²) in [6.07, 6.45) is 3.11. The van der Waals surface area contributed by atoms with Crippen molar-refractivity contribution in [1.82, 2.24) is 9.69 Å². The number of hydrogen-bond donors (Lipinski definition) is 1. The Morgan fingerprint density at radius 1 is 1.50 bits per heavy atom. The lowest BCUT2D eigenvalue weighted by atomic mass is 10.1. The molecule has 0 aliphatic carbocycles. The highest BCUT2D eigenvalue weighted by Gasteiger charge is 2.15. The molecule has 16 heavy (non-hydrogen) atoms. The summed E-state index contributed by atoms with van der Waals surface area (Å²) in [5.41, 5.74) is 0. The first kappa shape index (κ1) is 10.1. The fourth-order valence-electron chi connectivity index (χ4n) is 2.06. The van der Waals surface area contributed by atoms with Crippen LogP contribution in [0.5, 0.6) is 5.75 Å². The summed E-state index contributed by atoms with van der Waals surface area (Å²) in [7, 11) is 0. The van der Waals surface area contributed by atoms with Crippen molar-refractivity contribution in [3.05, 3.63) is 24.4 Å². The van der Waals surface area contributed by atoms with E-state index in [0.29, 0.717) is 5.92 Å². The topological polar surface area (TPSA) is 34.1 Å². The molecule has 2 aromatic rings. The van der Waals surface area contributed by atoms with Crippen LogP contribution < -0.4 is 10.1 Å². The summed E-state index contributed by atoms with van der Waals surface area (Å²) < 4.78 is 11.3. The largest absolute Gasteiger partial charge is 0.493 e. The summed E-state index contributed by atoms with van der Waals surface area (Å²) in [6.45, 7) is 3.01. The van der Waals surface area contributed by atoms with E-state index in [9.17, 15) is 0 Å². The zero-order chi connectivity index (χ0) is 10.8. The van der Waals surface area contributed by atoms with Gasteiger partial charge in [-0.25, -0.2) is 0 Å². The molecule has 84 valence electrons. The maximum atomic E-state index is 5.89. The highest BCUT2D eigenvalue weighted by atomic mass is 32.1. The monoisotopic (exact) mass is 234 g/mol. The molecule has 1 atom stereocenters. The first-order chi connectivity index (χ1) is 7.93. The summed E-state index contributed by atoms with van der Waals surface area (Å²) in [5.74, 6) is 1.63. The number of ether oxygens (including phenoxy) is 1. The van der Waals surface area contributed by atoms with Crippen LogP contribution in [0.3, 0.4) is 0 Å². The summed E-state index contributed by atoms with van der Waals surface area (Å²) in [6, 6.07) is 6.14. The SMILES string of the molecule is c1cc(OCC2CCNC2)c2cnsc2c1. The molecular weight excluding hydrogens is 220 g/mol. The van der Waals surface area contributed by atoms with Crippen molar-refractivity contribution in [1.29, 1.82) is 0 Å². The Morgan fingerprint density at radius 3 is 3.38 bits per heavy atom. The van der Waals surface area contributed by atoms with Gasteiger partial charge < -0.3 is 10.1 Å². The normalized spacial score (nSPS) is 20.4. The van der Waals surface area contributed by atoms with Gasteiger partial charge in [0, 0.05) is 12.5 Å². The number of fused-ring (bicyclic) bond motifs is 1. The van der Waals surface area contributed by atoms with Crippen LogP contribution in [0.2, 0.25) is 0 Å². The van der Waals surface area contributed by atoms with Gasteiger partial charge in [-0.3, -0.25) is 0 Å². The summed E-state index contributed by atoms with van der Waals surface area (Å²) in [4.78, 5) is 0. The summed E-state index contributed by atoms with van der Waals surface area (Å²) >= 11 is 1.52. The molecule has 1 unspecified atom stereocenters. The molecule has 0 amide bonds. The molecule has 3 rings (SSSR count). The highest BCUT2D eigenvalue weighted by molar-refractivity contribution is 7.13. The van der Waals surface area contributed by atoms with E-state index in [1.54, 1.807) is 0 Å². The van der Waals surface area contributed by atoms with Gasteiger partial charge in [0.2, 0.25) is 0 Å². The molecule has 2 heterocycles. The van der Waals surface area contributed by atoms with E-state index in [-0.39, 0.29) is 0 Å². The van der Waals surface area contributed by atoms with Crippen LogP contribution in [0.15, 0.2) is 24.4 Å². The van der Waals surface area contributed by atoms with Gasteiger partial charge in [-0.15, -0.1) is 0 Å². The molecular formula is C12H14N2OS. The van der Waals surface area contributed by atoms with Crippen LogP contribution in [0, 0.1) is 5.92 Å². The van der Waals surface area contributed by atoms with Gasteiger partial charge in [0.1, 0.15) is 5.75 Å². The maximum Gasteiger partial charge on any atom is 0.129 e. The highest BCUT2D eigenvalue weighted by Crippen LogP contribution is 2.28. The lowest BCUT2D eigenvalue weighted by Crippen LogP contribution is -2.15. The molecule has 1 N–H and O–H groups in total. The number of hydrogen-bond acceptors (Lipinski definition) is 4. The third-order valence-corrected chi connectivity index (χ3v) is 3.76. The first-order valence-electron chi connectivity index (χ1n) is 5.60. The molecule has 1 fully saturated rings. The third-order valence-electron chi connectivity index (χ3n) is 3.00. The van der Waals surface area contributed by atoms with Crippen molar-refractivity contribution in [2.45, 2.75) is 6.42 Å². The second kappa shape index (κ2) is 4.39. The Kier molecular flexibility index (Phi) is 2.76. The van der Waals surface area contributed by atoms with Gasteiger partial charge in [0.15, 0.2) is 0 Å². The average molecular weight is 234 g/mol. The summed E-state index contributed by atoms with van der Waals surface area (Å²) in [5, 5.41) is 4.49. The van der Waals surface area contributed by atoms with E-state index in [1.165, 1.54) is 22.7 Å². The predicted octanol–water partition coefficient (Wildman–Crippen LogP) is 2.28. The standard InChI is InChI=1S/C12H14N2OS/c1-2-11(10-7-14-16-12(10)3-1)15-8-9-4-5-13-6-9/h1-3,7,9,13H,4-6,8H2. The van der Waals surface area contributed by atoms with Crippen molar-refractivity contribution in [2.75, 3.05) is 19.7 Å². The number of rotatable bonds is 3. The fourth-order valence-corrected chi connectivity index (χ4v) is 2.72. The molecule has 3 nitrogen and oxygen atoms in total. The van der Waals surface area contributed by atoms with Crippen molar-refractivity contribution in [2.24, 2.45) is 5.92 Å². The number of nitrogens with one attached hydrogen (secondary N) is 1. The van der Waals surface area contributed by atoms with Crippen molar-refractivity contribution >= 4 is 21.6 Å². The quantitative estimate of drug-likeness (QED) is 0.884. The van der Waals surface area contributed by atoms with Crippen LogP contribution >= 0.6 is 11.5 Å². The second-order valence-electron chi connectivity index (χ2n) is 4.16. The molecule has 1 aromatic heterocycles. The molecule has 0 spiro atoms. The molecule has 1 aliphatic rings. The maximum absolute atomic E-state index is 5.89. The van der Waals surface area contributed by atoms with Gasteiger partial charge >= 0.3 is 0 Å². The molecule has 1 aromatic carbocycles. The second-order valence-corrected chi connectivity index (χ2v) is 5.00. The van der Waals surface area contributed by atoms with E-state index in [0.717, 1.165) is 30.8 Å². The first-order valence-corrected chi connectivity index (χ1v) is 6.38. The lowest BCUT2D eigenvalue weighted by Gasteiger charge is -2.11. The number of aromatic nitrogens is 1. The molecule has 0 radical (unpaired) electrons. The molecule has 4 heteroatoms. The fraction of sp³-hybridized carbons (Fsp3) is 0.417. The number of nitrogens with zero attached hydrogens (tertiary/aromatic N) is 1. The molecule has 0 bridgehead atoms. The van der Waals surface area contributed by atoms with Gasteiger partial charge in [0.05, 0.1) is 22.9 Å². The Hall–Kier alpha value is -1.13. The van der Waals surface area contributed by atoms with Crippen LogP contribution in [0.25, 0.3) is 10.1 Å². The zero-order valence-electron chi connectivity index (χ0n) is 8.98. The Labute approximate surface area is 98.6 Å². The van der Waals surface area contributed by atoms with Crippen molar-refractivity contribution in [3.63, 3.8) is 0 Å². The number of benzene rings is 1. The minimum Gasteiger partial charge on any atom is -0.493 e. The average Bonchev–Trinajstić information content (AvgIpc) is 2.97. The van der Waals surface area contributed by atoms with Gasteiger partial charge in [-0.1, -0.05) is 6.07 Å². The van der Waals surface area contributed by atoms with Crippen molar-refractivity contribution < 1.29 is 4.74 Å². The van der Waals surface area contributed by atoms with E-state index in [4.69, 9.17) is 4.74 Å².